The van der Waals surface area contributed by atoms with Crippen molar-refractivity contribution in [3.63, 3.8) is 0 Å². The van der Waals surface area contributed by atoms with E-state index in [1.54, 1.807) is 0 Å². The predicted octanol–water partition coefficient (Wildman–Crippen LogP) is 3.06. The first-order chi connectivity index (χ1) is 9.33. The molecule has 2 aliphatic heterocycles. The van der Waals surface area contributed by atoms with Gasteiger partial charge in [-0.05, 0) is 34.9 Å². The molecule has 3 aliphatic rings. The summed E-state index contributed by atoms with van der Waals surface area (Å²) < 4.78 is 0. The summed E-state index contributed by atoms with van der Waals surface area (Å²) in [5.41, 5.74) is 5.24. The van der Waals surface area contributed by atoms with E-state index in [4.69, 9.17) is 0 Å². The molecule has 1 saturated heterocycles. The van der Waals surface area contributed by atoms with Crippen LogP contribution in [0.15, 0.2) is 18.2 Å². The van der Waals surface area contributed by atoms with Crippen molar-refractivity contribution in [3.05, 3.63) is 34.9 Å². The molecule has 4 rings (SSSR count). The molecule has 2 heteroatoms. The van der Waals surface area contributed by atoms with Crippen LogP contribution >= 0.6 is 0 Å². The van der Waals surface area contributed by atoms with Crippen LogP contribution in [-0.2, 0) is 19.6 Å². The molecule has 1 aromatic rings. The van der Waals surface area contributed by atoms with Gasteiger partial charge in [0.05, 0.1) is 0 Å². The normalized spacial score (nSPS) is 25.3. The second-order valence-electron chi connectivity index (χ2n) is 6.91. The number of benzene rings is 1. The van der Waals surface area contributed by atoms with Crippen LogP contribution < -0.4 is 5.32 Å². The third-order valence-corrected chi connectivity index (χ3v) is 5.34. The van der Waals surface area contributed by atoms with Gasteiger partial charge in [-0.3, -0.25) is 4.90 Å². The Morgan fingerprint density at radius 1 is 1.00 bits per heavy atom. The van der Waals surface area contributed by atoms with E-state index < -0.39 is 0 Å². The first-order valence-electron chi connectivity index (χ1n) is 7.87. The average Bonchev–Trinajstić information content (AvgIpc) is 2.85. The molecular formula is C17H24N2. The molecule has 0 radical (unpaired) electrons. The second kappa shape index (κ2) is 4.60. The number of nitrogens with zero attached hydrogens (tertiary/aromatic N) is 1. The van der Waals surface area contributed by atoms with Crippen molar-refractivity contribution < 1.29 is 0 Å². The Balaban J connectivity index is 1.38. The van der Waals surface area contributed by atoms with Gasteiger partial charge >= 0.3 is 0 Å². The van der Waals surface area contributed by atoms with Crippen molar-refractivity contribution in [2.45, 2.75) is 51.7 Å². The van der Waals surface area contributed by atoms with E-state index in [1.807, 2.05) is 0 Å². The minimum atomic E-state index is 0.719. The van der Waals surface area contributed by atoms with E-state index in [9.17, 15) is 0 Å². The summed E-state index contributed by atoms with van der Waals surface area (Å²) in [4.78, 5) is 2.65. The first-order valence-corrected chi connectivity index (χ1v) is 7.87. The Morgan fingerprint density at radius 2 is 1.79 bits per heavy atom. The number of hydrogen-bond acceptors (Lipinski definition) is 2. The maximum atomic E-state index is 3.43. The molecule has 1 aromatic carbocycles. The van der Waals surface area contributed by atoms with E-state index in [0.29, 0.717) is 0 Å². The zero-order valence-electron chi connectivity index (χ0n) is 11.8. The minimum absolute atomic E-state index is 0.719. The van der Waals surface area contributed by atoms with E-state index in [1.165, 1.54) is 61.9 Å². The van der Waals surface area contributed by atoms with Crippen molar-refractivity contribution >= 4 is 0 Å². The highest BCUT2D eigenvalue weighted by atomic mass is 15.2. The van der Waals surface area contributed by atoms with E-state index in [-0.39, 0.29) is 0 Å². The quantitative estimate of drug-likeness (QED) is 0.875. The highest BCUT2D eigenvalue weighted by Gasteiger charge is 2.42. The summed E-state index contributed by atoms with van der Waals surface area (Å²) in [7, 11) is 0. The van der Waals surface area contributed by atoms with Crippen LogP contribution in [0.3, 0.4) is 0 Å². The molecule has 1 saturated carbocycles. The van der Waals surface area contributed by atoms with Crippen molar-refractivity contribution in [1.29, 1.82) is 0 Å². The topological polar surface area (TPSA) is 15.3 Å². The first kappa shape index (κ1) is 11.9. The van der Waals surface area contributed by atoms with Crippen LogP contribution in [0.1, 0.15) is 48.8 Å². The molecular weight excluding hydrogens is 232 g/mol. The van der Waals surface area contributed by atoms with Gasteiger partial charge in [-0.2, -0.15) is 0 Å². The average molecular weight is 256 g/mol. The molecule has 0 aromatic heterocycles. The number of rotatable bonds is 2. The Bertz CT molecular complexity index is 466. The SMILES string of the molecule is c1cc2c(cc1CN1CC3(CCCCC3)C1)CNC2. The summed E-state index contributed by atoms with van der Waals surface area (Å²) in [6, 6.07) is 7.07. The lowest BCUT2D eigenvalue weighted by molar-refractivity contribution is -0.0332. The predicted molar refractivity (Wildman–Crippen MR) is 77.8 cm³/mol. The van der Waals surface area contributed by atoms with Gasteiger partial charge in [-0.25, -0.2) is 0 Å². The summed E-state index contributed by atoms with van der Waals surface area (Å²) >= 11 is 0. The Morgan fingerprint density at radius 3 is 2.63 bits per heavy atom. The fourth-order valence-corrected chi connectivity index (χ4v) is 4.34. The highest BCUT2D eigenvalue weighted by molar-refractivity contribution is 5.34. The van der Waals surface area contributed by atoms with Crippen molar-refractivity contribution in [2.24, 2.45) is 5.41 Å². The van der Waals surface area contributed by atoms with Gasteiger partial charge in [0, 0.05) is 32.7 Å². The molecule has 0 unspecified atom stereocenters. The zero-order valence-corrected chi connectivity index (χ0v) is 11.8. The smallest absolute Gasteiger partial charge is 0.0234 e. The lowest BCUT2D eigenvalue weighted by Gasteiger charge is -2.52. The van der Waals surface area contributed by atoms with E-state index in [2.05, 4.69) is 28.4 Å². The van der Waals surface area contributed by atoms with Gasteiger partial charge in [0.25, 0.3) is 0 Å². The fourth-order valence-electron chi connectivity index (χ4n) is 4.34. The third kappa shape index (κ3) is 2.21. The van der Waals surface area contributed by atoms with E-state index in [0.717, 1.165) is 25.0 Å². The third-order valence-electron chi connectivity index (χ3n) is 5.34. The monoisotopic (exact) mass is 256 g/mol. The van der Waals surface area contributed by atoms with Gasteiger partial charge in [0.15, 0.2) is 0 Å². The lowest BCUT2D eigenvalue weighted by Crippen LogP contribution is -2.56. The maximum absolute atomic E-state index is 3.43. The molecule has 1 N–H and O–H groups in total. The molecule has 2 fully saturated rings. The summed E-state index contributed by atoms with van der Waals surface area (Å²) in [6.07, 6.45) is 7.38. The van der Waals surface area contributed by atoms with Crippen LogP contribution in [0.2, 0.25) is 0 Å². The van der Waals surface area contributed by atoms with Gasteiger partial charge in [0.1, 0.15) is 0 Å². The standard InChI is InChI=1S/C17H24N2/c1-2-6-17(7-3-1)12-19(13-17)11-14-4-5-15-9-18-10-16(15)8-14/h4-5,8,18H,1-3,6-7,9-13H2. The molecule has 1 aliphatic carbocycles. The molecule has 102 valence electrons. The fraction of sp³-hybridized carbons (Fsp3) is 0.647. The second-order valence-corrected chi connectivity index (χ2v) is 6.91. The van der Waals surface area contributed by atoms with Crippen LogP contribution in [0.5, 0.6) is 0 Å². The minimum Gasteiger partial charge on any atom is -0.309 e. The van der Waals surface area contributed by atoms with Gasteiger partial charge in [-0.1, -0.05) is 37.5 Å². The van der Waals surface area contributed by atoms with Crippen LogP contribution in [0, 0.1) is 5.41 Å². The van der Waals surface area contributed by atoms with E-state index >= 15 is 0 Å². The lowest BCUT2D eigenvalue weighted by atomic mass is 9.68. The molecule has 0 amide bonds. The zero-order chi connectivity index (χ0) is 12.7. The number of fused-ring (bicyclic) bond motifs is 1. The summed E-state index contributed by atoms with van der Waals surface area (Å²) in [6.45, 7) is 5.98. The molecule has 2 heterocycles. The molecule has 0 atom stereocenters. The molecule has 1 spiro atoms. The Labute approximate surface area is 116 Å². The summed E-state index contributed by atoms with van der Waals surface area (Å²) in [5.74, 6) is 0. The largest absolute Gasteiger partial charge is 0.309 e. The van der Waals surface area contributed by atoms with Crippen LogP contribution in [0.4, 0.5) is 0 Å². The number of nitrogens with one attached hydrogen (secondary N) is 1. The maximum Gasteiger partial charge on any atom is 0.0234 e. The Hall–Kier alpha value is -0.860. The molecule has 19 heavy (non-hydrogen) atoms. The number of hydrogen-bond donors (Lipinski definition) is 1. The van der Waals surface area contributed by atoms with Crippen LogP contribution in [0.25, 0.3) is 0 Å². The molecule has 0 bridgehead atoms. The highest BCUT2D eigenvalue weighted by Crippen LogP contribution is 2.44. The molecule has 2 nitrogen and oxygen atoms in total. The number of likely N-dealkylation sites (tertiary alicyclic amines) is 1. The van der Waals surface area contributed by atoms with Gasteiger partial charge < -0.3 is 5.32 Å². The van der Waals surface area contributed by atoms with Crippen molar-refractivity contribution in [1.82, 2.24) is 10.2 Å². The van der Waals surface area contributed by atoms with Crippen LogP contribution in [-0.4, -0.2) is 18.0 Å². The van der Waals surface area contributed by atoms with Crippen molar-refractivity contribution in [2.75, 3.05) is 13.1 Å². The summed E-state index contributed by atoms with van der Waals surface area (Å²) in [5, 5.41) is 3.43. The van der Waals surface area contributed by atoms with Gasteiger partial charge in [-0.15, -0.1) is 0 Å². The Kier molecular flexibility index (Phi) is 2.89. The van der Waals surface area contributed by atoms with Crippen molar-refractivity contribution in [3.8, 4) is 0 Å². The van der Waals surface area contributed by atoms with Gasteiger partial charge in [0.2, 0.25) is 0 Å².